The zero-order valence-electron chi connectivity index (χ0n) is 15.0. The molecule has 2 N–H and O–H groups in total. The van der Waals surface area contributed by atoms with Gasteiger partial charge in [0.05, 0.1) is 12.7 Å². The molecule has 26 heavy (non-hydrogen) atoms. The molecule has 0 radical (unpaired) electrons. The molecule has 136 valence electrons. The van der Waals surface area contributed by atoms with Crippen LogP contribution in [0.5, 0.6) is 5.75 Å². The molecular formula is C20H24N4O2. The fourth-order valence-electron chi connectivity index (χ4n) is 3.04. The minimum atomic E-state index is -0.432. The smallest absolute Gasteiger partial charge is 0.252 e. The Morgan fingerprint density at radius 3 is 2.58 bits per heavy atom. The first-order valence-corrected chi connectivity index (χ1v) is 8.70. The minimum Gasteiger partial charge on any atom is -0.497 e. The Hall–Kier alpha value is -2.86. The van der Waals surface area contributed by atoms with E-state index in [0.717, 1.165) is 44.0 Å². The molecule has 1 amide bonds. The number of primary amides is 1. The van der Waals surface area contributed by atoms with Gasteiger partial charge in [-0.2, -0.15) is 0 Å². The number of rotatable bonds is 6. The van der Waals surface area contributed by atoms with Crippen molar-refractivity contribution >= 4 is 17.8 Å². The molecule has 0 aliphatic carbocycles. The van der Waals surface area contributed by atoms with E-state index in [4.69, 9.17) is 10.5 Å². The first-order chi connectivity index (χ1) is 12.7. The molecular weight excluding hydrogens is 328 g/mol. The Kier molecular flexibility index (Phi) is 5.86. The number of ether oxygens (including phenoxy) is 1. The zero-order valence-corrected chi connectivity index (χ0v) is 15.0. The molecule has 1 aliphatic rings. The third kappa shape index (κ3) is 4.40. The predicted octanol–water partition coefficient (Wildman–Crippen LogP) is 2.02. The van der Waals surface area contributed by atoms with Crippen molar-refractivity contribution in [3.8, 4) is 5.75 Å². The molecule has 0 spiro atoms. The summed E-state index contributed by atoms with van der Waals surface area (Å²) in [6.07, 6.45) is 5.99. The maximum Gasteiger partial charge on any atom is 0.252 e. The molecule has 1 fully saturated rings. The number of carbonyl (C=O) groups excluding carboxylic acids is 1. The van der Waals surface area contributed by atoms with Crippen molar-refractivity contribution in [1.82, 2.24) is 9.88 Å². The van der Waals surface area contributed by atoms with Gasteiger partial charge in [-0.05, 0) is 29.8 Å². The number of amides is 1. The lowest BCUT2D eigenvalue weighted by molar-refractivity contribution is 0.1000. The van der Waals surface area contributed by atoms with Gasteiger partial charge in [0.2, 0.25) is 0 Å². The number of methoxy groups -OCH3 is 1. The molecule has 0 saturated carbocycles. The normalized spacial score (nSPS) is 15.3. The highest BCUT2D eigenvalue weighted by Gasteiger charge is 2.20. The van der Waals surface area contributed by atoms with E-state index in [2.05, 4.69) is 26.9 Å². The highest BCUT2D eigenvalue weighted by atomic mass is 16.5. The van der Waals surface area contributed by atoms with Crippen molar-refractivity contribution in [1.29, 1.82) is 0 Å². The number of anilines is 1. The standard InChI is InChI=1S/C20H24N4O2/c1-26-17-8-6-16(7-9-17)4-3-11-23-12-14-24(15-13-23)20-18(19(21)25)5-2-10-22-20/h2-10H,11-15H2,1H3,(H2,21,25). The Morgan fingerprint density at radius 1 is 1.19 bits per heavy atom. The van der Waals surface area contributed by atoms with E-state index >= 15 is 0 Å². The van der Waals surface area contributed by atoms with Crippen LogP contribution in [0.3, 0.4) is 0 Å². The number of hydrogen-bond acceptors (Lipinski definition) is 5. The number of benzene rings is 1. The first-order valence-electron chi connectivity index (χ1n) is 8.70. The van der Waals surface area contributed by atoms with Crippen LogP contribution < -0.4 is 15.4 Å². The molecule has 3 rings (SSSR count). The van der Waals surface area contributed by atoms with Gasteiger partial charge < -0.3 is 15.4 Å². The number of hydrogen-bond donors (Lipinski definition) is 1. The maximum absolute atomic E-state index is 11.6. The molecule has 1 aromatic carbocycles. The lowest BCUT2D eigenvalue weighted by Crippen LogP contribution is -2.47. The summed E-state index contributed by atoms with van der Waals surface area (Å²) in [5.74, 6) is 1.12. The van der Waals surface area contributed by atoms with Crippen molar-refractivity contribution in [2.45, 2.75) is 0 Å². The van der Waals surface area contributed by atoms with E-state index in [1.54, 1.807) is 25.4 Å². The second kappa shape index (κ2) is 8.49. The van der Waals surface area contributed by atoms with E-state index in [1.807, 2.05) is 24.3 Å². The maximum atomic E-state index is 11.6. The molecule has 0 atom stereocenters. The predicted molar refractivity (Wildman–Crippen MR) is 103 cm³/mol. The summed E-state index contributed by atoms with van der Waals surface area (Å²) in [5, 5.41) is 0. The molecule has 2 heterocycles. The van der Waals surface area contributed by atoms with Crippen LogP contribution in [0.2, 0.25) is 0 Å². The summed E-state index contributed by atoms with van der Waals surface area (Å²) < 4.78 is 5.17. The van der Waals surface area contributed by atoms with Crippen LogP contribution in [0.4, 0.5) is 5.82 Å². The summed E-state index contributed by atoms with van der Waals surface area (Å²) in [5.41, 5.74) is 7.10. The largest absolute Gasteiger partial charge is 0.497 e. The van der Waals surface area contributed by atoms with Gasteiger partial charge in [0, 0.05) is 38.9 Å². The van der Waals surface area contributed by atoms with E-state index < -0.39 is 5.91 Å². The van der Waals surface area contributed by atoms with Gasteiger partial charge in [-0.25, -0.2) is 4.98 Å². The van der Waals surface area contributed by atoms with Gasteiger partial charge in [0.1, 0.15) is 11.6 Å². The SMILES string of the molecule is COc1ccc(C=CCN2CCN(c3ncccc3C(N)=O)CC2)cc1. The number of pyridine rings is 1. The molecule has 0 unspecified atom stereocenters. The quantitative estimate of drug-likeness (QED) is 0.861. The highest BCUT2D eigenvalue weighted by molar-refractivity contribution is 5.97. The Balaban J connectivity index is 1.52. The van der Waals surface area contributed by atoms with Crippen molar-refractivity contribution in [3.63, 3.8) is 0 Å². The number of aromatic nitrogens is 1. The van der Waals surface area contributed by atoms with Gasteiger partial charge in [0.25, 0.3) is 5.91 Å². The fraction of sp³-hybridized carbons (Fsp3) is 0.300. The van der Waals surface area contributed by atoms with Crippen LogP contribution in [0, 0.1) is 0 Å². The molecule has 6 nitrogen and oxygen atoms in total. The van der Waals surface area contributed by atoms with E-state index in [1.165, 1.54) is 0 Å². The van der Waals surface area contributed by atoms with E-state index in [0.29, 0.717) is 11.4 Å². The van der Waals surface area contributed by atoms with Gasteiger partial charge in [-0.1, -0.05) is 24.3 Å². The highest BCUT2D eigenvalue weighted by Crippen LogP contribution is 2.18. The first kappa shape index (κ1) is 17.9. The summed E-state index contributed by atoms with van der Waals surface area (Å²) in [7, 11) is 1.67. The lowest BCUT2D eigenvalue weighted by atomic mass is 10.2. The third-order valence-corrected chi connectivity index (χ3v) is 4.51. The van der Waals surface area contributed by atoms with Crippen LogP contribution in [-0.4, -0.2) is 55.6 Å². The van der Waals surface area contributed by atoms with Gasteiger partial charge in [0.15, 0.2) is 0 Å². The average Bonchev–Trinajstić information content (AvgIpc) is 2.69. The number of carbonyl (C=O) groups is 1. The topological polar surface area (TPSA) is 71.7 Å². The fourth-order valence-corrected chi connectivity index (χ4v) is 3.04. The van der Waals surface area contributed by atoms with Crippen molar-refractivity contribution in [3.05, 3.63) is 59.8 Å². The van der Waals surface area contributed by atoms with Crippen molar-refractivity contribution in [2.75, 3.05) is 44.7 Å². The van der Waals surface area contributed by atoms with Crippen LogP contribution in [0.1, 0.15) is 15.9 Å². The molecule has 1 aliphatic heterocycles. The van der Waals surface area contributed by atoms with E-state index in [9.17, 15) is 4.79 Å². The monoisotopic (exact) mass is 352 g/mol. The Morgan fingerprint density at radius 2 is 1.92 bits per heavy atom. The summed E-state index contributed by atoms with van der Waals surface area (Å²) >= 11 is 0. The van der Waals surface area contributed by atoms with Crippen LogP contribution in [-0.2, 0) is 0 Å². The summed E-state index contributed by atoms with van der Waals surface area (Å²) in [6, 6.07) is 11.5. The number of piperazine rings is 1. The van der Waals surface area contributed by atoms with Crippen LogP contribution in [0.15, 0.2) is 48.7 Å². The van der Waals surface area contributed by atoms with Gasteiger partial charge in [-0.3, -0.25) is 9.69 Å². The Bertz CT molecular complexity index is 766. The lowest BCUT2D eigenvalue weighted by Gasteiger charge is -2.35. The third-order valence-electron chi connectivity index (χ3n) is 4.51. The Labute approximate surface area is 153 Å². The minimum absolute atomic E-state index is 0.432. The van der Waals surface area contributed by atoms with Crippen molar-refractivity contribution in [2.24, 2.45) is 5.73 Å². The second-order valence-corrected chi connectivity index (χ2v) is 6.20. The van der Waals surface area contributed by atoms with Gasteiger partial charge >= 0.3 is 0 Å². The molecule has 0 bridgehead atoms. The molecule has 1 saturated heterocycles. The number of nitrogens with two attached hydrogens (primary N) is 1. The molecule has 1 aromatic heterocycles. The summed E-state index contributed by atoms with van der Waals surface area (Å²) in [6.45, 7) is 4.38. The molecule has 2 aromatic rings. The molecule has 6 heteroatoms. The van der Waals surface area contributed by atoms with Gasteiger partial charge in [-0.15, -0.1) is 0 Å². The second-order valence-electron chi connectivity index (χ2n) is 6.20. The van der Waals surface area contributed by atoms with E-state index in [-0.39, 0.29) is 0 Å². The zero-order chi connectivity index (χ0) is 18.4. The van der Waals surface area contributed by atoms with Crippen LogP contribution in [0.25, 0.3) is 6.08 Å². The summed E-state index contributed by atoms with van der Waals surface area (Å²) in [4.78, 5) is 20.4. The van der Waals surface area contributed by atoms with Crippen LogP contribution >= 0.6 is 0 Å². The van der Waals surface area contributed by atoms with Crippen molar-refractivity contribution < 1.29 is 9.53 Å². The number of nitrogens with zero attached hydrogens (tertiary/aromatic N) is 3. The average molecular weight is 352 g/mol.